The Morgan fingerprint density at radius 2 is 1.42 bits per heavy atom. The van der Waals surface area contributed by atoms with Gasteiger partial charge in [0.25, 0.3) is 11.8 Å². The van der Waals surface area contributed by atoms with Crippen LogP contribution in [0.15, 0.2) is 36.4 Å². The third-order valence-electron chi connectivity index (χ3n) is 7.49. The van der Waals surface area contributed by atoms with Gasteiger partial charge in [-0.3, -0.25) is 14.1 Å². The molecule has 0 aliphatic heterocycles. The summed E-state index contributed by atoms with van der Waals surface area (Å²) in [7, 11) is -4.74. The van der Waals surface area contributed by atoms with Crippen LogP contribution in [0.1, 0.15) is 32.1 Å². The second-order valence-electron chi connectivity index (χ2n) is 10.6. The molecule has 0 aromatic heterocycles. The summed E-state index contributed by atoms with van der Waals surface area (Å²) in [6, 6.07) is 7.47. The lowest BCUT2D eigenvalue weighted by atomic mass is 9.59. The number of phosphoric acid groups is 1. The summed E-state index contributed by atoms with van der Waals surface area (Å²) in [6.45, 7) is -1.69. The van der Waals surface area contributed by atoms with Crippen LogP contribution in [0.2, 0.25) is 10.0 Å². The van der Waals surface area contributed by atoms with E-state index in [2.05, 4.69) is 20.5 Å². The third-order valence-corrected chi connectivity index (χ3v) is 8.62. The summed E-state index contributed by atoms with van der Waals surface area (Å²) < 4.78 is 59.1. The number of nitrogens with one attached hydrogen (secondary N) is 3. The smallest absolute Gasteiger partial charge is 0.469 e. The van der Waals surface area contributed by atoms with E-state index in [0.717, 1.165) is 12.1 Å². The maximum atomic E-state index is 13.8. The van der Waals surface area contributed by atoms with Crippen LogP contribution in [-0.4, -0.2) is 71.2 Å². The van der Waals surface area contributed by atoms with Crippen LogP contribution >= 0.6 is 31.0 Å². The minimum atomic E-state index is -4.74. The highest BCUT2D eigenvalue weighted by molar-refractivity contribution is 7.46. The molecule has 1 atom stereocenters. The highest BCUT2D eigenvalue weighted by Gasteiger charge is 2.57. The molecule has 3 fully saturated rings. The number of amides is 3. The van der Waals surface area contributed by atoms with Crippen LogP contribution in [-0.2, 0) is 23.4 Å². The normalized spacial score (nSPS) is 22.3. The Labute approximate surface area is 266 Å². The van der Waals surface area contributed by atoms with Crippen LogP contribution in [0.3, 0.4) is 0 Å². The van der Waals surface area contributed by atoms with E-state index in [0.29, 0.717) is 12.8 Å². The Kier molecular flexibility index (Phi) is 11.2. The van der Waals surface area contributed by atoms with Gasteiger partial charge in [0.15, 0.2) is 13.2 Å². The molecule has 18 heteroatoms. The molecule has 5 rings (SSSR count). The van der Waals surface area contributed by atoms with Gasteiger partial charge in [0, 0.05) is 30.6 Å². The van der Waals surface area contributed by atoms with Gasteiger partial charge >= 0.3 is 13.9 Å². The molecule has 3 amide bonds. The Bertz CT molecular complexity index is 1470. The van der Waals surface area contributed by atoms with Crippen LogP contribution in [0.25, 0.3) is 0 Å². The van der Waals surface area contributed by atoms with E-state index in [1.165, 1.54) is 24.3 Å². The maximum Gasteiger partial charge on any atom is 0.469 e. The summed E-state index contributed by atoms with van der Waals surface area (Å²) in [5.41, 5.74) is -1.88. The van der Waals surface area contributed by atoms with Gasteiger partial charge in [0.2, 0.25) is 0 Å². The molecule has 246 valence electrons. The van der Waals surface area contributed by atoms with E-state index in [1.807, 2.05) is 0 Å². The van der Waals surface area contributed by atoms with E-state index in [-0.39, 0.29) is 47.4 Å². The molecule has 2 aromatic rings. The molecule has 45 heavy (non-hydrogen) atoms. The van der Waals surface area contributed by atoms with Gasteiger partial charge in [0.05, 0.1) is 22.2 Å². The molecule has 0 saturated heterocycles. The number of carbonyl (C=O) groups excluding carboxylic acids is 3. The van der Waals surface area contributed by atoms with E-state index in [9.17, 15) is 27.7 Å². The van der Waals surface area contributed by atoms with Crippen molar-refractivity contribution in [3.05, 3.63) is 58.1 Å². The van der Waals surface area contributed by atoms with Crippen molar-refractivity contribution in [3.63, 3.8) is 0 Å². The van der Waals surface area contributed by atoms with Crippen LogP contribution in [0, 0.1) is 11.6 Å². The van der Waals surface area contributed by atoms with Gasteiger partial charge in [0.1, 0.15) is 29.2 Å². The van der Waals surface area contributed by atoms with Crippen molar-refractivity contribution in [1.29, 1.82) is 0 Å². The monoisotopic (exact) mass is 695 g/mol. The Hall–Kier alpha value is -3.20. The van der Waals surface area contributed by atoms with E-state index < -0.39 is 74.4 Å². The predicted octanol–water partition coefficient (Wildman–Crippen LogP) is 3.62. The molecule has 2 bridgehead atoms. The quantitative estimate of drug-likeness (QED) is 0.153. The minimum absolute atomic E-state index is 0.0758. The number of benzene rings is 2. The highest BCUT2D eigenvalue weighted by atomic mass is 35.5. The number of fused-ring (bicyclic) bond motifs is 3. The largest absolute Gasteiger partial charge is 0.484 e. The molecule has 0 radical (unpaired) electrons. The first kappa shape index (κ1) is 34.7. The van der Waals surface area contributed by atoms with E-state index in [1.54, 1.807) is 0 Å². The SMILES string of the molecule is O=C(COc1ccc(Cl)c(F)c1)NC12CCC(NC(=O)COc3ccc(Cl)c(F)c3)(CC1)[C@@H](OC(=O)NCCOP(=O)(O)O)C2. The summed E-state index contributed by atoms with van der Waals surface area (Å²) >= 11 is 11.4. The highest BCUT2D eigenvalue weighted by Crippen LogP contribution is 2.48. The number of ether oxygens (including phenoxy) is 3. The maximum absolute atomic E-state index is 13.8. The third kappa shape index (κ3) is 9.65. The molecular formula is C27H30Cl2F2N3O10P. The first-order valence-electron chi connectivity index (χ1n) is 13.6. The second kappa shape index (κ2) is 14.5. The summed E-state index contributed by atoms with van der Waals surface area (Å²) in [5, 5.41) is 7.94. The molecule has 5 N–H and O–H groups in total. The first-order chi connectivity index (χ1) is 21.2. The molecule has 0 heterocycles. The second-order valence-corrected chi connectivity index (χ2v) is 12.7. The number of rotatable bonds is 13. The van der Waals surface area contributed by atoms with Gasteiger partial charge in [-0.1, -0.05) is 23.2 Å². The van der Waals surface area contributed by atoms with Crippen molar-refractivity contribution in [2.75, 3.05) is 26.4 Å². The lowest BCUT2D eigenvalue weighted by Gasteiger charge is -2.57. The number of phosphoric ester groups is 1. The van der Waals surface area contributed by atoms with Crippen molar-refractivity contribution in [2.24, 2.45) is 0 Å². The fraction of sp³-hybridized carbons (Fsp3) is 0.444. The van der Waals surface area contributed by atoms with Gasteiger partial charge in [-0.2, -0.15) is 0 Å². The van der Waals surface area contributed by atoms with Gasteiger partial charge in [-0.15, -0.1) is 0 Å². The van der Waals surface area contributed by atoms with E-state index in [4.69, 9.17) is 47.2 Å². The molecule has 2 aromatic carbocycles. The zero-order valence-corrected chi connectivity index (χ0v) is 25.9. The fourth-order valence-electron chi connectivity index (χ4n) is 5.35. The summed E-state index contributed by atoms with van der Waals surface area (Å²) in [5.74, 6) is -2.33. The standard InChI is InChI=1S/C27H30Cl2F2N3O10P/c28-18-3-1-16(11-20(18)30)41-14-23(35)33-26-5-7-27(8-6-26,22(13-26)44-25(37)32-9-10-43-45(38,39)40)34-24(36)15-42-17-2-4-19(29)21(31)12-17/h1-4,11-12,22H,5-10,13-15H2,(H,32,37)(H,33,35)(H,34,36)(H2,38,39,40)/t22-,26?,27?/m0/s1. The lowest BCUT2D eigenvalue weighted by molar-refractivity contribution is -0.137. The average Bonchev–Trinajstić information content (AvgIpc) is 2.97. The zero-order valence-electron chi connectivity index (χ0n) is 23.5. The van der Waals surface area contributed by atoms with Crippen molar-refractivity contribution in [3.8, 4) is 11.5 Å². The van der Waals surface area contributed by atoms with Gasteiger partial charge in [-0.05, 0) is 49.9 Å². The molecule has 3 saturated carbocycles. The molecule has 3 aliphatic rings. The van der Waals surface area contributed by atoms with Crippen LogP contribution in [0.5, 0.6) is 11.5 Å². The van der Waals surface area contributed by atoms with Crippen molar-refractivity contribution in [1.82, 2.24) is 16.0 Å². The first-order valence-corrected chi connectivity index (χ1v) is 15.9. The Balaban J connectivity index is 1.40. The average molecular weight is 696 g/mol. The van der Waals surface area contributed by atoms with Crippen LogP contribution < -0.4 is 25.4 Å². The zero-order chi connectivity index (χ0) is 32.8. The fourth-order valence-corrected chi connectivity index (χ4v) is 5.92. The van der Waals surface area contributed by atoms with Gasteiger partial charge < -0.3 is 39.9 Å². The predicted molar refractivity (Wildman–Crippen MR) is 155 cm³/mol. The number of hydrogen-bond acceptors (Lipinski definition) is 8. The summed E-state index contributed by atoms with van der Waals surface area (Å²) in [6.07, 6.45) is -0.423. The minimum Gasteiger partial charge on any atom is -0.484 e. The number of halogens is 4. The van der Waals surface area contributed by atoms with Crippen LogP contribution in [0.4, 0.5) is 13.6 Å². The Morgan fingerprint density at radius 3 is 1.93 bits per heavy atom. The summed E-state index contributed by atoms with van der Waals surface area (Å²) in [4.78, 5) is 56.0. The number of carbonyl (C=O) groups is 3. The molecule has 0 spiro atoms. The van der Waals surface area contributed by atoms with Crippen molar-refractivity contribution < 1.29 is 56.3 Å². The topological polar surface area (TPSA) is 182 Å². The molecular weight excluding hydrogens is 666 g/mol. The molecule has 13 nitrogen and oxygen atoms in total. The number of hydrogen-bond donors (Lipinski definition) is 5. The van der Waals surface area contributed by atoms with Crippen molar-refractivity contribution in [2.45, 2.75) is 49.3 Å². The van der Waals surface area contributed by atoms with Gasteiger partial charge in [-0.25, -0.2) is 18.1 Å². The number of alkyl carbamates (subject to hydrolysis) is 1. The van der Waals surface area contributed by atoms with Crippen molar-refractivity contribution >= 4 is 48.9 Å². The van der Waals surface area contributed by atoms with E-state index >= 15 is 0 Å². The molecule has 3 aliphatic carbocycles. The lowest BCUT2D eigenvalue weighted by Crippen LogP contribution is -2.71. The molecule has 0 unspecified atom stereocenters. The Morgan fingerprint density at radius 1 is 0.889 bits per heavy atom.